The number of nitrogens with zero attached hydrogens (tertiary/aromatic N) is 4. The highest BCUT2D eigenvalue weighted by Crippen LogP contribution is 2.26. The molecule has 0 aliphatic carbocycles. The molecular weight excluding hydrogens is 550 g/mol. The molecule has 1 fully saturated rings. The number of amides is 1. The van der Waals surface area contributed by atoms with Crippen molar-refractivity contribution in [2.45, 2.75) is 73.3 Å². The normalized spacial score (nSPS) is 13.9. The lowest BCUT2D eigenvalue weighted by Gasteiger charge is -2.25. The molecule has 2 aromatic carbocycles. The van der Waals surface area contributed by atoms with Crippen molar-refractivity contribution in [3.63, 3.8) is 0 Å². The van der Waals surface area contributed by atoms with E-state index >= 15 is 0 Å². The molecular formula is C36H51N5O3. The average Bonchev–Trinajstić information content (AvgIpc) is 3.64. The van der Waals surface area contributed by atoms with E-state index in [1.54, 1.807) is 13.0 Å². The van der Waals surface area contributed by atoms with Gasteiger partial charge < -0.3 is 24.4 Å². The van der Waals surface area contributed by atoms with Crippen LogP contribution in [0.2, 0.25) is 0 Å². The van der Waals surface area contributed by atoms with E-state index in [-0.39, 0.29) is 11.9 Å². The number of hydrogen-bond acceptors (Lipinski definition) is 6. The van der Waals surface area contributed by atoms with Gasteiger partial charge in [0, 0.05) is 37.0 Å². The van der Waals surface area contributed by atoms with Crippen LogP contribution in [0, 0.1) is 11.8 Å². The molecule has 238 valence electrons. The summed E-state index contributed by atoms with van der Waals surface area (Å²) >= 11 is 0. The molecule has 0 unspecified atom stereocenters. The third kappa shape index (κ3) is 9.68. The molecule has 0 saturated carbocycles. The van der Waals surface area contributed by atoms with Crippen LogP contribution >= 0.6 is 0 Å². The minimum Gasteiger partial charge on any atom is -0.463 e. The second kappa shape index (κ2) is 16.4. The van der Waals surface area contributed by atoms with Crippen molar-refractivity contribution < 1.29 is 14.3 Å². The standard InChI is InChI=1S/C36H51N5O3/c1-6-44-34(42)17-12-29-10-14-31(15-11-29)37-36-38-32-16-13-30(35(43)40(24-18-27(2)3)25-19-28(4)5)26-33(32)41(36)23-9-22-39-20-7-8-21-39/h10-17,26-28H,6-9,18-25H2,1-5H3,(H,37,38). The molecule has 8 heteroatoms. The van der Waals surface area contributed by atoms with Crippen molar-refractivity contribution in [3.8, 4) is 0 Å². The number of carbonyl (C=O) groups is 2. The number of esters is 1. The predicted octanol–water partition coefficient (Wildman–Crippen LogP) is 7.38. The van der Waals surface area contributed by atoms with Gasteiger partial charge in [0.15, 0.2) is 0 Å². The molecule has 3 aromatic rings. The molecule has 8 nitrogen and oxygen atoms in total. The van der Waals surface area contributed by atoms with E-state index in [2.05, 4.69) is 42.5 Å². The molecule has 0 spiro atoms. The summed E-state index contributed by atoms with van der Waals surface area (Å²) in [5.74, 6) is 1.59. The van der Waals surface area contributed by atoms with Crippen LogP contribution in [-0.2, 0) is 16.1 Å². The number of hydrogen-bond donors (Lipinski definition) is 1. The van der Waals surface area contributed by atoms with Crippen LogP contribution in [0.5, 0.6) is 0 Å². The Kier molecular flexibility index (Phi) is 12.4. The van der Waals surface area contributed by atoms with Gasteiger partial charge in [-0.1, -0.05) is 39.8 Å². The fourth-order valence-corrected chi connectivity index (χ4v) is 5.52. The van der Waals surface area contributed by atoms with Gasteiger partial charge in [-0.2, -0.15) is 0 Å². The second-order valence-electron chi connectivity index (χ2n) is 12.7. The van der Waals surface area contributed by atoms with E-state index in [1.807, 2.05) is 47.4 Å². The summed E-state index contributed by atoms with van der Waals surface area (Å²) in [7, 11) is 0. The second-order valence-corrected chi connectivity index (χ2v) is 12.7. The Labute approximate surface area is 263 Å². The molecule has 0 bridgehead atoms. The molecule has 2 heterocycles. The maximum atomic E-state index is 13.8. The molecule has 0 atom stereocenters. The molecule has 1 saturated heterocycles. The Hall–Kier alpha value is -3.65. The van der Waals surface area contributed by atoms with Crippen molar-refractivity contribution in [1.82, 2.24) is 19.4 Å². The summed E-state index contributed by atoms with van der Waals surface area (Å²) in [5.41, 5.74) is 4.37. The lowest BCUT2D eigenvalue weighted by molar-refractivity contribution is -0.137. The van der Waals surface area contributed by atoms with Gasteiger partial charge in [0.25, 0.3) is 5.91 Å². The Balaban J connectivity index is 1.59. The van der Waals surface area contributed by atoms with Crippen LogP contribution in [0.1, 0.15) is 82.6 Å². The third-order valence-corrected chi connectivity index (χ3v) is 8.16. The number of nitrogens with one attached hydrogen (secondary N) is 1. The molecule has 1 N–H and O–H groups in total. The van der Waals surface area contributed by atoms with Crippen molar-refractivity contribution in [2.75, 3.05) is 44.6 Å². The van der Waals surface area contributed by atoms with Crippen LogP contribution in [0.25, 0.3) is 17.1 Å². The van der Waals surface area contributed by atoms with E-state index in [0.717, 1.165) is 79.2 Å². The Morgan fingerprint density at radius 2 is 1.66 bits per heavy atom. The maximum absolute atomic E-state index is 13.8. The van der Waals surface area contributed by atoms with Crippen LogP contribution in [-0.4, -0.2) is 70.6 Å². The number of carbonyl (C=O) groups excluding carboxylic acids is 2. The quantitative estimate of drug-likeness (QED) is 0.136. The number of anilines is 2. The van der Waals surface area contributed by atoms with Gasteiger partial charge in [0.05, 0.1) is 17.6 Å². The molecule has 1 aliphatic rings. The summed E-state index contributed by atoms with van der Waals surface area (Å²) in [6.45, 7) is 16.7. The van der Waals surface area contributed by atoms with Gasteiger partial charge in [-0.05, 0) is 112 Å². The maximum Gasteiger partial charge on any atom is 0.330 e. The zero-order chi connectivity index (χ0) is 31.5. The first-order chi connectivity index (χ1) is 21.2. The predicted molar refractivity (Wildman–Crippen MR) is 180 cm³/mol. The highest BCUT2D eigenvalue weighted by molar-refractivity contribution is 5.98. The first-order valence-corrected chi connectivity index (χ1v) is 16.5. The van der Waals surface area contributed by atoms with Gasteiger partial charge in [0.2, 0.25) is 5.95 Å². The molecule has 0 radical (unpaired) electrons. The number of aromatic nitrogens is 2. The van der Waals surface area contributed by atoms with Crippen LogP contribution in [0.4, 0.5) is 11.6 Å². The zero-order valence-corrected chi connectivity index (χ0v) is 27.3. The van der Waals surface area contributed by atoms with E-state index in [1.165, 1.54) is 32.0 Å². The molecule has 1 aliphatic heterocycles. The first-order valence-electron chi connectivity index (χ1n) is 16.5. The fourth-order valence-electron chi connectivity index (χ4n) is 5.52. The highest BCUT2D eigenvalue weighted by atomic mass is 16.5. The minimum atomic E-state index is -0.349. The average molecular weight is 602 g/mol. The van der Waals surface area contributed by atoms with Gasteiger partial charge in [-0.15, -0.1) is 0 Å². The topological polar surface area (TPSA) is 79.7 Å². The molecule has 1 amide bonds. The number of likely N-dealkylation sites (tertiary alicyclic amines) is 1. The summed E-state index contributed by atoms with van der Waals surface area (Å²) in [6.07, 6.45) is 8.74. The van der Waals surface area contributed by atoms with Gasteiger partial charge in [-0.3, -0.25) is 4.79 Å². The molecule has 44 heavy (non-hydrogen) atoms. The molecule has 1 aromatic heterocycles. The monoisotopic (exact) mass is 601 g/mol. The van der Waals surface area contributed by atoms with E-state index in [0.29, 0.717) is 18.4 Å². The minimum absolute atomic E-state index is 0.0963. The van der Waals surface area contributed by atoms with E-state index in [4.69, 9.17) is 9.72 Å². The van der Waals surface area contributed by atoms with Gasteiger partial charge >= 0.3 is 5.97 Å². The van der Waals surface area contributed by atoms with Crippen LogP contribution in [0.3, 0.4) is 0 Å². The number of benzene rings is 2. The summed E-state index contributed by atoms with van der Waals surface area (Å²) in [4.78, 5) is 35.0. The first kappa shape index (κ1) is 33.2. The summed E-state index contributed by atoms with van der Waals surface area (Å²) < 4.78 is 7.20. The number of ether oxygens (including phenoxy) is 1. The molecule has 4 rings (SSSR count). The van der Waals surface area contributed by atoms with Crippen molar-refractivity contribution in [1.29, 1.82) is 0 Å². The summed E-state index contributed by atoms with van der Waals surface area (Å²) in [6, 6.07) is 13.8. The number of rotatable bonds is 16. The zero-order valence-electron chi connectivity index (χ0n) is 27.3. The van der Waals surface area contributed by atoms with Gasteiger partial charge in [0.1, 0.15) is 0 Å². The van der Waals surface area contributed by atoms with Crippen molar-refractivity contribution in [3.05, 3.63) is 59.7 Å². The number of aryl methyl sites for hydroxylation is 1. The highest BCUT2D eigenvalue weighted by Gasteiger charge is 2.20. The van der Waals surface area contributed by atoms with Crippen LogP contribution < -0.4 is 5.32 Å². The lowest BCUT2D eigenvalue weighted by Crippen LogP contribution is -2.34. The summed E-state index contributed by atoms with van der Waals surface area (Å²) in [5, 5.41) is 3.52. The van der Waals surface area contributed by atoms with Crippen LogP contribution in [0.15, 0.2) is 48.5 Å². The largest absolute Gasteiger partial charge is 0.463 e. The third-order valence-electron chi connectivity index (χ3n) is 8.16. The number of fused-ring (bicyclic) bond motifs is 1. The van der Waals surface area contributed by atoms with Crippen molar-refractivity contribution in [2.24, 2.45) is 11.8 Å². The van der Waals surface area contributed by atoms with E-state index < -0.39 is 0 Å². The van der Waals surface area contributed by atoms with E-state index in [9.17, 15) is 9.59 Å². The number of imidazole rings is 1. The smallest absolute Gasteiger partial charge is 0.330 e. The van der Waals surface area contributed by atoms with Gasteiger partial charge in [-0.25, -0.2) is 9.78 Å². The SMILES string of the molecule is CCOC(=O)C=Cc1ccc(Nc2nc3ccc(C(=O)N(CCC(C)C)CCC(C)C)cc3n2CCCN2CCCC2)cc1. The Morgan fingerprint density at radius 3 is 2.30 bits per heavy atom. The Morgan fingerprint density at radius 1 is 0.977 bits per heavy atom. The van der Waals surface area contributed by atoms with Crippen molar-refractivity contribution >= 4 is 40.6 Å². The Bertz CT molecular complexity index is 1370. The lowest BCUT2D eigenvalue weighted by atomic mass is 10.1. The fraction of sp³-hybridized carbons (Fsp3) is 0.528.